The van der Waals surface area contributed by atoms with Gasteiger partial charge in [-0.1, -0.05) is 6.58 Å². The molecule has 1 rings (SSSR count). The van der Waals surface area contributed by atoms with E-state index >= 15 is 0 Å². The van der Waals surface area contributed by atoms with E-state index in [0.717, 1.165) is 13.0 Å². The maximum Gasteiger partial charge on any atom is 0.335 e. The number of carbonyl (C=O) groups excluding carboxylic acids is 1. The van der Waals surface area contributed by atoms with Gasteiger partial charge in [-0.2, -0.15) is 0 Å². The van der Waals surface area contributed by atoms with Crippen LogP contribution in [-0.2, 0) is 10.7 Å². The molecule has 0 unspecified atom stereocenters. The summed E-state index contributed by atoms with van der Waals surface area (Å²) >= 11 is 0. The van der Waals surface area contributed by atoms with Crippen molar-refractivity contribution >= 4 is 5.97 Å². The minimum Gasteiger partial charge on any atom is -0.423 e. The second-order valence-electron chi connectivity index (χ2n) is 3.04. The summed E-state index contributed by atoms with van der Waals surface area (Å²) in [5, 5.41) is 0. The van der Waals surface area contributed by atoms with Crippen LogP contribution in [0.25, 0.3) is 0 Å². The minimum atomic E-state index is -2.89. The first-order valence-electron chi connectivity index (χ1n) is 4.26. The third-order valence-corrected chi connectivity index (χ3v) is 1.75. The third kappa shape index (κ3) is 3.16. The topological polar surface area (TPSA) is 26.3 Å². The van der Waals surface area contributed by atoms with Crippen LogP contribution < -0.4 is 4.74 Å². The van der Waals surface area contributed by atoms with Gasteiger partial charge in [0.2, 0.25) is 0 Å². The van der Waals surface area contributed by atoms with Crippen molar-refractivity contribution in [3.63, 3.8) is 0 Å². The molecule has 1 aromatic carbocycles. The molecule has 0 heterocycles. The van der Waals surface area contributed by atoms with Gasteiger partial charge >= 0.3 is 5.97 Å². The van der Waals surface area contributed by atoms with Gasteiger partial charge in [0.1, 0.15) is 5.75 Å². The monoisotopic (exact) mass is 212 g/mol. The summed E-state index contributed by atoms with van der Waals surface area (Å²) in [7, 11) is 0. The fourth-order valence-corrected chi connectivity index (χ4v) is 0.973. The second-order valence-corrected chi connectivity index (χ2v) is 3.04. The van der Waals surface area contributed by atoms with E-state index in [1.165, 1.54) is 24.3 Å². The molecule has 2 nitrogen and oxygen atoms in total. The predicted molar refractivity (Wildman–Crippen MR) is 51.8 cm³/mol. The summed E-state index contributed by atoms with van der Waals surface area (Å²) in [5.74, 6) is -3.29. The Morgan fingerprint density at radius 2 is 1.93 bits per heavy atom. The Hall–Kier alpha value is -1.71. The number of esters is 1. The molecule has 0 saturated heterocycles. The third-order valence-electron chi connectivity index (χ3n) is 1.75. The van der Waals surface area contributed by atoms with Gasteiger partial charge in [0.05, 0.1) is 0 Å². The van der Waals surface area contributed by atoms with Crippen molar-refractivity contribution in [2.45, 2.75) is 12.8 Å². The summed E-state index contributed by atoms with van der Waals surface area (Å²) < 4.78 is 30.3. The maximum absolute atomic E-state index is 12.8. The lowest BCUT2D eigenvalue weighted by Gasteiger charge is -2.10. The van der Waals surface area contributed by atoms with Crippen LogP contribution in [-0.4, -0.2) is 5.97 Å². The molecule has 0 aliphatic heterocycles. The molecule has 0 saturated carbocycles. The van der Waals surface area contributed by atoms with Crippen molar-refractivity contribution in [2.75, 3.05) is 0 Å². The summed E-state index contributed by atoms with van der Waals surface area (Å²) in [6.45, 7) is 4.02. The molecular formula is C11H10F2O2. The Morgan fingerprint density at radius 1 is 1.40 bits per heavy atom. The molecule has 0 radical (unpaired) electrons. The Morgan fingerprint density at radius 3 is 2.33 bits per heavy atom. The molecule has 4 heteroatoms. The van der Waals surface area contributed by atoms with Gasteiger partial charge in [0, 0.05) is 18.6 Å². The van der Waals surface area contributed by atoms with Crippen LogP contribution in [0.15, 0.2) is 36.9 Å². The largest absolute Gasteiger partial charge is 0.423 e. The number of rotatable bonds is 3. The predicted octanol–water partition coefficient (Wildman–Crippen LogP) is 2.89. The zero-order valence-electron chi connectivity index (χ0n) is 8.17. The van der Waals surface area contributed by atoms with Gasteiger partial charge < -0.3 is 4.74 Å². The SMILES string of the molecule is C=CC(=O)Oc1ccc(C(C)(F)F)cc1. The molecule has 0 spiro atoms. The van der Waals surface area contributed by atoms with Gasteiger partial charge in [0.15, 0.2) is 0 Å². The average Bonchev–Trinajstić information content (AvgIpc) is 2.17. The first-order chi connectivity index (χ1) is 6.93. The van der Waals surface area contributed by atoms with E-state index in [9.17, 15) is 13.6 Å². The van der Waals surface area contributed by atoms with Crippen LogP contribution in [0.5, 0.6) is 5.75 Å². The van der Waals surface area contributed by atoms with Crippen molar-refractivity contribution in [1.82, 2.24) is 0 Å². The zero-order valence-corrected chi connectivity index (χ0v) is 8.17. The Balaban J connectivity index is 2.81. The smallest absolute Gasteiger partial charge is 0.335 e. The molecule has 0 N–H and O–H groups in total. The quantitative estimate of drug-likeness (QED) is 0.437. The van der Waals surface area contributed by atoms with Crippen LogP contribution in [0.2, 0.25) is 0 Å². The molecule has 0 atom stereocenters. The van der Waals surface area contributed by atoms with Gasteiger partial charge in [0.25, 0.3) is 5.92 Å². The molecule has 0 aliphatic rings. The number of alkyl halides is 2. The first-order valence-corrected chi connectivity index (χ1v) is 4.26. The van der Waals surface area contributed by atoms with E-state index in [-0.39, 0.29) is 11.3 Å². The Bertz CT molecular complexity index is 363. The number of benzene rings is 1. The van der Waals surface area contributed by atoms with E-state index in [2.05, 4.69) is 6.58 Å². The second kappa shape index (κ2) is 4.21. The van der Waals surface area contributed by atoms with Crippen LogP contribution >= 0.6 is 0 Å². The number of ether oxygens (including phenoxy) is 1. The summed E-state index contributed by atoms with van der Waals surface area (Å²) in [5.41, 5.74) is -0.124. The molecule has 80 valence electrons. The Kier molecular flexibility index (Phi) is 3.19. The van der Waals surface area contributed by atoms with Crippen molar-refractivity contribution in [3.05, 3.63) is 42.5 Å². The lowest BCUT2D eigenvalue weighted by Crippen LogP contribution is -2.07. The van der Waals surface area contributed by atoms with Crippen molar-refractivity contribution in [3.8, 4) is 5.75 Å². The fourth-order valence-electron chi connectivity index (χ4n) is 0.973. The lowest BCUT2D eigenvalue weighted by molar-refractivity contribution is -0.128. The van der Waals surface area contributed by atoms with Gasteiger partial charge in [-0.3, -0.25) is 0 Å². The summed E-state index contributed by atoms with van der Waals surface area (Å²) in [6.07, 6.45) is 1.00. The molecular weight excluding hydrogens is 202 g/mol. The van der Waals surface area contributed by atoms with Gasteiger partial charge in [-0.05, 0) is 24.3 Å². The fraction of sp³-hybridized carbons (Fsp3) is 0.182. The van der Waals surface area contributed by atoms with E-state index in [0.29, 0.717) is 0 Å². The number of carbonyl (C=O) groups is 1. The maximum atomic E-state index is 12.8. The number of hydrogen-bond acceptors (Lipinski definition) is 2. The first kappa shape index (κ1) is 11.4. The highest BCUT2D eigenvalue weighted by atomic mass is 19.3. The molecule has 0 amide bonds. The molecule has 15 heavy (non-hydrogen) atoms. The number of halogens is 2. The standard InChI is InChI=1S/C11H10F2O2/c1-3-10(14)15-9-6-4-8(5-7-9)11(2,12)13/h3-7H,1H2,2H3. The van der Waals surface area contributed by atoms with Crippen LogP contribution in [0.1, 0.15) is 12.5 Å². The van der Waals surface area contributed by atoms with E-state index in [4.69, 9.17) is 4.74 Å². The van der Waals surface area contributed by atoms with Crippen LogP contribution in [0.3, 0.4) is 0 Å². The molecule has 1 aromatic rings. The van der Waals surface area contributed by atoms with E-state index in [1.807, 2.05) is 0 Å². The van der Waals surface area contributed by atoms with E-state index < -0.39 is 11.9 Å². The van der Waals surface area contributed by atoms with Crippen molar-refractivity contribution < 1.29 is 18.3 Å². The Labute approximate surface area is 86.2 Å². The van der Waals surface area contributed by atoms with E-state index in [1.54, 1.807) is 0 Å². The van der Waals surface area contributed by atoms with Crippen molar-refractivity contribution in [1.29, 1.82) is 0 Å². The van der Waals surface area contributed by atoms with Gasteiger partial charge in [-0.15, -0.1) is 0 Å². The number of hydrogen-bond donors (Lipinski definition) is 0. The molecule has 0 bridgehead atoms. The molecule has 0 fully saturated rings. The average molecular weight is 212 g/mol. The zero-order chi connectivity index (χ0) is 11.5. The van der Waals surface area contributed by atoms with Crippen LogP contribution in [0, 0.1) is 0 Å². The normalized spacial score (nSPS) is 10.9. The highest BCUT2D eigenvalue weighted by Gasteiger charge is 2.23. The summed E-state index contributed by atoms with van der Waals surface area (Å²) in [6, 6.07) is 5.06. The van der Waals surface area contributed by atoms with Gasteiger partial charge in [-0.25, -0.2) is 13.6 Å². The highest BCUT2D eigenvalue weighted by Crippen LogP contribution is 2.28. The highest BCUT2D eigenvalue weighted by molar-refractivity contribution is 5.83. The summed E-state index contributed by atoms with van der Waals surface area (Å²) in [4.78, 5) is 10.8. The van der Waals surface area contributed by atoms with Crippen LogP contribution in [0.4, 0.5) is 8.78 Å². The lowest BCUT2D eigenvalue weighted by atomic mass is 10.1. The molecule has 0 aromatic heterocycles. The van der Waals surface area contributed by atoms with Crippen molar-refractivity contribution in [2.24, 2.45) is 0 Å². The molecule has 0 aliphatic carbocycles. The minimum absolute atomic E-state index is 0.124.